The van der Waals surface area contributed by atoms with E-state index in [1.165, 1.54) is 6.07 Å². The number of hydrogen-bond donors (Lipinski definition) is 2. The minimum atomic E-state index is -2.78. The molecule has 0 saturated carbocycles. The second kappa shape index (κ2) is 20.2. The van der Waals surface area contributed by atoms with Gasteiger partial charge >= 0.3 is 17.6 Å². The summed E-state index contributed by atoms with van der Waals surface area (Å²) in [5.74, 6) is -0.362. The van der Waals surface area contributed by atoms with Gasteiger partial charge in [-0.3, -0.25) is 14.9 Å². The predicted octanol–water partition coefficient (Wildman–Crippen LogP) is 3.27. The van der Waals surface area contributed by atoms with E-state index in [-0.39, 0.29) is 17.2 Å². The van der Waals surface area contributed by atoms with E-state index in [9.17, 15) is 14.9 Å². The maximum atomic E-state index is 12.7. The van der Waals surface area contributed by atoms with Crippen LogP contribution in [0.2, 0.25) is 12.1 Å². The number of carbonyl (C=O) groups is 1. The number of nitrogens with zero attached hydrogens (tertiary/aromatic N) is 1. The van der Waals surface area contributed by atoms with Crippen molar-refractivity contribution < 1.29 is 41.6 Å². The summed E-state index contributed by atoms with van der Waals surface area (Å²) in [7, 11) is -5.49. The molecule has 40 heavy (non-hydrogen) atoms. The van der Waals surface area contributed by atoms with Crippen LogP contribution in [0.3, 0.4) is 0 Å². The smallest absolute Gasteiger partial charge is 0.374 e. The third-order valence-electron chi connectivity index (χ3n) is 5.93. The number of rotatable bonds is 24. The van der Waals surface area contributed by atoms with E-state index in [0.717, 1.165) is 13.0 Å². The van der Waals surface area contributed by atoms with Crippen LogP contribution in [0.25, 0.3) is 0 Å². The summed E-state index contributed by atoms with van der Waals surface area (Å²) in [5, 5.41) is 16.6. The largest absolute Gasteiger partial charge is 0.501 e. The minimum absolute atomic E-state index is 0.0685. The molecule has 0 bridgehead atoms. The molecule has 12 nitrogen and oxygen atoms in total. The molecule has 3 N–H and O–H groups in total. The van der Waals surface area contributed by atoms with Crippen LogP contribution in [0.15, 0.2) is 18.2 Å². The summed E-state index contributed by atoms with van der Waals surface area (Å²) >= 11 is 0. The fourth-order valence-electron chi connectivity index (χ4n) is 4.38. The average molecular weight is 605 g/mol. The Morgan fingerprint density at radius 2 is 1.30 bits per heavy atom. The number of benzene rings is 1. The molecule has 0 aromatic heterocycles. The second-order valence-corrected chi connectivity index (χ2v) is 14.3. The Bertz CT molecular complexity index is 846. The van der Waals surface area contributed by atoms with Crippen molar-refractivity contribution in [2.24, 2.45) is 0 Å². The lowest BCUT2D eigenvalue weighted by Gasteiger charge is -2.28. The molecule has 230 valence electrons. The fourth-order valence-corrected chi connectivity index (χ4v) is 9.63. The Kier molecular flexibility index (Phi) is 18.3. The number of carbonyl (C=O) groups excluding carboxylic acids is 1. The molecule has 0 saturated heterocycles. The number of amides is 1. The molecule has 1 rings (SSSR count). The predicted molar refractivity (Wildman–Crippen MR) is 156 cm³/mol. The lowest BCUT2D eigenvalue weighted by molar-refractivity contribution is -0.671. The molecule has 0 aliphatic heterocycles. The van der Waals surface area contributed by atoms with Gasteiger partial charge in [0.25, 0.3) is 11.6 Å². The van der Waals surface area contributed by atoms with Crippen molar-refractivity contribution >= 4 is 29.2 Å². The van der Waals surface area contributed by atoms with E-state index in [2.05, 4.69) is 5.32 Å². The first kappa shape index (κ1) is 36.3. The van der Waals surface area contributed by atoms with Crippen LogP contribution in [-0.4, -0.2) is 81.2 Å². The zero-order valence-electron chi connectivity index (χ0n) is 25.1. The highest BCUT2D eigenvalue weighted by atomic mass is 28.4. The Morgan fingerprint density at radius 1 is 0.825 bits per heavy atom. The number of nitrogens with one attached hydrogen (secondary N) is 1. The zero-order chi connectivity index (χ0) is 29.9. The van der Waals surface area contributed by atoms with Gasteiger partial charge in [-0.15, -0.1) is 0 Å². The van der Waals surface area contributed by atoms with Gasteiger partial charge in [-0.05, 0) is 60.1 Å². The van der Waals surface area contributed by atoms with Crippen molar-refractivity contribution in [3.63, 3.8) is 0 Å². The standard InChI is InChI=1S/C26H49N3O9Si2/c1-7-33-39(34-8-2,35-9-3)19-13-17-27-22-24-16-15-23(21-25(24)29(31)32)26(30)28-18-14-20-40(36-10-4,37-11-5)38-12-6/h15-16,21,27H,7-14,17-20,22H2,1-6H3,(H,28,30)/p+1. The summed E-state index contributed by atoms with van der Waals surface area (Å²) < 4.78 is 35.2. The Labute approximate surface area is 241 Å². The van der Waals surface area contributed by atoms with Crippen LogP contribution >= 0.6 is 0 Å². The highest BCUT2D eigenvalue weighted by molar-refractivity contribution is 6.61. The first-order valence-electron chi connectivity index (χ1n) is 14.5. The van der Waals surface area contributed by atoms with Crippen molar-refractivity contribution in [2.45, 2.75) is 73.0 Å². The minimum Gasteiger partial charge on any atom is -0.374 e. The SMILES string of the molecule is CCO[Si](CCCNC(=O)c1ccc(C[NH2+]CCC[Si](OCC)(OCC)OCC)c([N+](=O)[O-])c1)(OCC)OCC. The number of nitro groups is 1. The van der Waals surface area contributed by atoms with Gasteiger partial charge in [0.1, 0.15) is 6.54 Å². The van der Waals surface area contributed by atoms with Gasteiger partial charge in [-0.25, -0.2) is 0 Å². The Morgan fingerprint density at radius 3 is 1.75 bits per heavy atom. The van der Waals surface area contributed by atoms with Gasteiger partial charge in [-0.2, -0.15) is 0 Å². The third kappa shape index (κ3) is 12.4. The van der Waals surface area contributed by atoms with Gasteiger partial charge in [0, 0.05) is 76.3 Å². The first-order chi connectivity index (χ1) is 19.3. The first-order valence-corrected chi connectivity index (χ1v) is 18.3. The number of hydrogen-bond acceptors (Lipinski definition) is 9. The molecule has 0 spiro atoms. The summed E-state index contributed by atoms with van der Waals surface area (Å²) in [4.78, 5) is 24.1. The third-order valence-corrected chi connectivity index (χ3v) is 12.2. The van der Waals surface area contributed by atoms with Gasteiger partial charge in [0.2, 0.25) is 0 Å². The fraction of sp³-hybridized carbons (Fsp3) is 0.731. The molecule has 1 aromatic rings. The van der Waals surface area contributed by atoms with E-state index >= 15 is 0 Å². The Hall–Kier alpha value is -1.76. The van der Waals surface area contributed by atoms with Crippen LogP contribution < -0.4 is 10.6 Å². The molecule has 0 radical (unpaired) electrons. The molecule has 14 heteroatoms. The van der Waals surface area contributed by atoms with Crippen molar-refractivity contribution in [1.29, 1.82) is 0 Å². The van der Waals surface area contributed by atoms with Gasteiger partial charge in [-0.1, -0.05) is 0 Å². The maximum Gasteiger partial charge on any atom is 0.501 e. The molecule has 0 heterocycles. The summed E-state index contributed by atoms with van der Waals surface area (Å²) in [6, 6.07) is 5.88. The van der Waals surface area contributed by atoms with E-state index in [4.69, 9.17) is 26.6 Å². The lowest BCUT2D eigenvalue weighted by Crippen LogP contribution is -2.82. The number of nitrogens with two attached hydrogens (primary N) is 1. The van der Waals surface area contributed by atoms with Gasteiger partial charge in [0.05, 0.1) is 17.0 Å². The van der Waals surface area contributed by atoms with E-state index < -0.39 is 22.5 Å². The molecule has 1 amide bonds. The normalized spacial score (nSPS) is 12.1. The quantitative estimate of drug-likeness (QED) is 0.0786. The van der Waals surface area contributed by atoms with Gasteiger partial charge in [0.15, 0.2) is 0 Å². The molecule has 1 aromatic carbocycles. The molecule has 0 unspecified atom stereocenters. The monoisotopic (exact) mass is 604 g/mol. The Balaban J connectivity index is 2.69. The van der Waals surface area contributed by atoms with Crippen LogP contribution in [-0.2, 0) is 33.1 Å². The van der Waals surface area contributed by atoms with Crippen LogP contribution in [0.1, 0.15) is 70.3 Å². The van der Waals surface area contributed by atoms with Crippen molar-refractivity contribution in [1.82, 2.24) is 5.32 Å². The lowest BCUT2D eigenvalue weighted by atomic mass is 10.1. The molecule has 0 fully saturated rings. The van der Waals surface area contributed by atoms with Crippen molar-refractivity contribution in [2.75, 3.05) is 52.7 Å². The summed E-state index contributed by atoms with van der Waals surface area (Å²) in [6.07, 6.45) is 1.40. The maximum absolute atomic E-state index is 12.7. The summed E-state index contributed by atoms with van der Waals surface area (Å²) in [6.45, 7) is 16.0. The average Bonchev–Trinajstić information content (AvgIpc) is 2.91. The highest BCUT2D eigenvalue weighted by Gasteiger charge is 2.40. The molecular formula is C26H50N3O9Si2+. The number of nitro benzene ring substituents is 1. The summed E-state index contributed by atoms with van der Waals surface area (Å²) in [5.41, 5.74) is 0.741. The second-order valence-electron chi connectivity index (χ2n) is 8.81. The molecular weight excluding hydrogens is 554 g/mol. The molecule has 0 atom stereocenters. The van der Waals surface area contributed by atoms with Crippen molar-refractivity contribution in [3.05, 3.63) is 39.4 Å². The molecule has 0 aliphatic rings. The number of quaternary nitrogens is 1. The topological polar surface area (TPSA) is 144 Å². The van der Waals surface area contributed by atoms with E-state index in [0.29, 0.717) is 76.8 Å². The van der Waals surface area contributed by atoms with Crippen LogP contribution in [0.4, 0.5) is 5.69 Å². The van der Waals surface area contributed by atoms with Crippen LogP contribution in [0, 0.1) is 10.1 Å². The highest BCUT2D eigenvalue weighted by Crippen LogP contribution is 2.21. The van der Waals surface area contributed by atoms with Crippen molar-refractivity contribution in [3.8, 4) is 0 Å². The zero-order valence-corrected chi connectivity index (χ0v) is 27.1. The molecule has 0 aliphatic carbocycles. The van der Waals surface area contributed by atoms with Gasteiger partial charge < -0.3 is 37.2 Å². The van der Waals surface area contributed by atoms with Crippen LogP contribution in [0.5, 0.6) is 0 Å². The van der Waals surface area contributed by atoms with E-state index in [1.807, 2.05) is 46.9 Å². The van der Waals surface area contributed by atoms with E-state index in [1.54, 1.807) is 12.1 Å².